The second-order valence-electron chi connectivity index (χ2n) is 4.43. The minimum Gasteiger partial charge on any atom is -0.216 e. The summed E-state index contributed by atoms with van der Waals surface area (Å²) in [6.07, 6.45) is 0. The van der Waals surface area contributed by atoms with Crippen molar-refractivity contribution in [1.82, 2.24) is 15.0 Å². The van der Waals surface area contributed by atoms with Gasteiger partial charge in [-0.2, -0.15) is 5.26 Å². The van der Waals surface area contributed by atoms with Crippen molar-refractivity contribution in [2.45, 2.75) is 26.7 Å². The largest absolute Gasteiger partial charge is 0.216 e. The molecule has 0 saturated heterocycles. The number of aryl methyl sites for hydroxylation is 1. The topological polar surface area (TPSA) is 54.5 Å². The lowest BCUT2D eigenvalue weighted by molar-refractivity contribution is 0.712. The smallest absolute Gasteiger partial charge is 0.186 e. The van der Waals surface area contributed by atoms with Crippen LogP contribution in [0.3, 0.4) is 0 Å². The SMILES string of the molecule is Cc1cc(Cl)ccc1-n1nnc(C#N)c1C(C)C. The second-order valence-corrected chi connectivity index (χ2v) is 4.87. The number of aromatic nitrogens is 3. The van der Waals surface area contributed by atoms with Crippen LogP contribution in [0.15, 0.2) is 18.2 Å². The summed E-state index contributed by atoms with van der Waals surface area (Å²) in [5, 5.41) is 17.7. The van der Waals surface area contributed by atoms with Gasteiger partial charge in [0.05, 0.1) is 11.4 Å². The molecule has 0 spiro atoms. The molecule has 1 aromatic carbocycles. The molecule has 0 fully saturated rings. The van der Waals surface area contributed by atoms with Crippen LogP contribution < -0.4 is 0 Å². The van der Waals surface area contributed by atoms with Gasteiger partial charge < -0.3 is 0 Å². The Balaban J connectivity index is 2.65. The van der Waals surface area contributed by atoms with Gasteiger partial charge in [0, 0.05) is 5.02 Å². The lowest BCUT2D eigenvalue weighted by Crippen LogP contribution is -2.06. The van der Waals surface area contributed by atoms with Gasteiger partial charge >= 0.3 is 0 Å². The Morgan fingerprint density at radius 3 is 2.67 bits per heavy atom. The molecule has 0 aliphatic heterocycles. The van der Waals surface area contributed by atoms with E-state index in [0.717, 1.165) is 16.9 Å². The van der Waals surface area contributed by atoms with Gasteiger partial charge in [0.2, 0.25) is 0 Å². The maximum Gasteiger partial charge on any atom is 0.186 e. The van der Waals surface area contributed by atoms with Gasteiger partial charge in [-0.25, -0.2) is 4.68 Å². The van der Waals surface area contributed by atoms with Gasteiger partial charge in [-0.05, 0) is 36.6 Å². The van der Waals surface area contributed by atoms with Crippen molar-refractivity contribution in [2.75, 3.05) is 0 Å². The van der Waals surface area contributed by atoms with Crippen LogP contribution in [0.25, 0.3) is 5.69 Å². The zero-order chi connectivity index (χ0) is 13.3. The normalized spacial score (nSPS) is 10.7. The lowest BCUT2D eigenvalue weighted by Gasteiger charge is -2.11. The molecule has 0 saturated carbocycles. The van der Waals surface area contributed by atoms with E-state index in [9.17, 15) is 0 Å². The second kappa shape index (κ2) is 4.79. The molecule has 0 aliphatic carbocycles. The van der Waals surface area contributed by atoms with E-state index < -0.39 is 0 Å². The number of benzene rings is 1. The van der Waals surface area contributed by atoms with E-state index in [-0.39, 0.29) is 5.92 Å². The van der Waals surface area contributed by atoms with Crippen molar-refractivity contribution >= 4 is 11.6 Å². The molecule has 92 valence electrons. The molecule has 0 radical (unpaired) electrons. The summed E-state index contributed by atoms with van der Waals surface area (Å²) in [4.78, 5) is 0. The number of hydrogen-bond donors (Lipinski definition) is 0. The molecule has 4 nitrogen and oxygen atoms in total. The van der Waals surface area contributed by atoms with Gasteiger partial charge in [0.1, 0.15) is 6.07 Å². The molecule has 18 heavy (non-hydrogen) atoms. The number of rotatable bonds is 2. The number of nitriles is 1. The summed E-state index contributed by atoms with van der Waals surface area (Å²) in [7, 11) is 0. The minimum absolute atomic E-state index is 0.171. The first-order valence-electron chi connectivity index (χ1n) is 5.66. The predicted octanol–water partition coefficient (Wildman–Crippen LogP) is 3.22. The van der Waals surface area contributed by atoms with Gasteiger partial charge in [-0.15, -0.1) is 5.10 Å². The highest BCUT2D eigenvalue weighted by Crippen LogP contribution is 2.24. The quantitative estimate of drug-likeness (QED) is 0.833. The van der Waals surface area contributed by atoms with E-state index in [1.54, 1.807) is 4.68 Å². The lowest BCUT2D eigenvalue weighted by atomic mass is 10.1. The highest BCUT2D eigenvalue weighted by atomic mass is 35.5. The van der Waals surface area contributed by atoms with Crippen LogP contribution in [0.2, 0.25) is 5.02 Å². The molecule has 2 rings (SSSR count). The molecule has 1 aromatic heterocycles. The molecule has 1 heterocycles. The van der Waals surface area contributed by atoms with Crippen molar-refractivity contribution < 1.29 is 0 Å². The molecule has 0 unspecified atom stereocenters. The summed E-state index contributed by atoms with van der Waals surface area (Å²) in [5.74, 6) is 0.171. The zero-order valence-corrected chi connectivity index (χ0v) is 11.2. The Morgan fingerprint density at radius 1 is 1.39 bits per heavy atom. The van der Waals surface area contributed by atoms with Crippen molar-refractivity contribution in [3.8, 4) is 11.8 Å². The van der Waals surface area contributed by atoms with Crippen LogP contribution in [0.1, 0.15) is 36.7 Å². The molecular weight excluding hydrogens is 248 g/mol. The fourth-order valence-electron chi connectivity index (χ4n) is 1.92. The molecule has 0 bridgehead atoms. The van der Waals surface area contributed by atoms with Crippen molar-refractivity contribution in [2.24, 2.45) is 0 Å². The number of halogens is 1. The third kappa shape index (κ3) is 2.09. The first kappa shape index (κ1) is 12.6. The monoisotopic (exact) mass is 260 g/mol. The fraction of sp³-hybridized carbons (Fsp3) is 0.308. The van der Waals surface area contributed by atoms with E-state index in [4.69, 9.17) is 16.9 Å². The molecule has 0 atom stereocenters. The average molecular weight is 261 g/mol. The Bertz CT molecular complexity index is 622. The Hall–Kier alpha value is -1.86. The summed E-state index contributed by atoms with van der Waals surface area (Å²) in [5.41, 5.74) is 3.10. The van der Waals surface area contributed by atoms with E-state index in [1.165, 1.54) is 0 Å². The van der Waals surface area contributed by atoms with Crippen LogP contribution in [-0.4, -0.2) is 15.0 Å². The maximum atomic E-state index is 9.05. The predicted molar refractivity (Wildman–Crippen MR) is 69.9 cm³/mol. The Labute approximate surface area is 111 Å². The zero-order valence-electron chi connectivity index (χ0n) is 10.5. The highest BCUT2D eigenvalue weighted by molar-refractivity contribution is 6.30. The van der Waals surface area contributed by atoms with Gasteiger partial charge in [0.25, 0.3) is 0 Å². The average Bonchev–Trinajstić information content (AvgIpc) is 2.72. The first-order chi connectivity index (χ1) is 8.54. The Kier molecular flexibility index (Phi) is 3.35. The highest BCUT2D eigenvalue weighted by Gasteiger charge is 2.18. The van der Waals surface area contributed by atoms with Crippen molar-refractivity contribution in [1.29, 1.82) is 5.26 Å². The fourth-order valence-corrected chi connectivity index (χ4v) is 2.15. The summed E-state index contributed by atoms with van der Waals surface area (Å²) in [6.45, 7) is 5.99. The van der Waals surface area contributed by atoms with Crippen molar-refractivity contribution in [3.63, 3.8) is 0 Å². The third-order valence-electron chi connectivity index (χ3n) is 2.74. The summed E-state index contributed by atoms with van der Waals surface area (Å²) >= 11 is 5.94. The maximum absolute atomic E-state index is 9.05. The number of nitrogens with zero attached hydrogens (tertiary/aromatic N) is 4. The Morgan fingerprint density at radius 2 is 2.11 bits per heavy atom. The molecule has 0 amide bonds. The van der Waals surface area contributed by atoms with E-state index in [1.807, 2.05) is 39.0 Å². The van der Waals surface area contributed by atoms with Crippen LogP contribution in [0, 0.1) is 18.3 Å². The number of hydrogen-bond acceptors (Lipinski definition) is 3. The van der Waals surface area contributed by atoms with Crippen LogP contribution >= 0.6 is 11.6 Å². The third-order valence-corrected chi connectivity index (χ3v) is 2.98. The van der Waals surface area contributed by atoms with Crippen LogP contribution in [-0.2, 0) is 0 Å². The molecule has 0 N–H and O–H groups in total. The molecular formula is C13H13ClN4. The van der Waals surface area contributed by atoms with E-state index in [0.29, 0.717) is 10.7 Å². The molecule has 0 aliphatic rings. The summed E-state index contributed by atoms with van der Waals surface area (Å²) < 4.78 is 1.72. The molecule has 5 heteroatoms. The van der Waals surface area contributed by atoms with E-state index in [2.05, 4.69) is 16.4 Å². The first-order valence-corrected chi connectivity index (χ1v) is 6.04. The molecule has 2 aromatic rings. The standard InChI is InChI=1S/C13H13ClN4/c1-8(2)13-11(7-15)16-17-18(13)12-5-4-10(14)6-9(12)3/h4-6,8H,1-3H3. The van der Waals surface area contributed by atoms with Crippen LogP contribution in [0.4, 0.5) is 0 Å². The van der Waals surface area contributed by atoms with Crippen LogP contribution in [0.5, 0.6) is 0 Å². The minimum atomic E-state index is 0.171. The summed E-state index contributed by atoms with van der Waals surface area (Å²) in [6, 6.07) is 7.64. The van der Waals surface area contributed by atoms with Gasteiger partial charge in [-0.3, -0.25) is 0 Å². The van der Waals surface area contributed by atoms with Gasteiger partial charge in [-0.1, -0.05) is 30.7 Å². The van der Waals surface area contributed by atoms with Crippen molar-refractivity contribution in [3.05, 3.63) is 40.2 Å². The van der Waals surface area contributed by atoms with Gasteiger partial charge in [0.15, 0.2) is 5.69 Å². The van der Waals surface area contributed by atoms with E-state index >= 15 is 0 Å².